The summed E-state index contributed by atoms with van der Waals surface area (Å²) in [5.41, 5.74) is -0.0442. The Morgan fingerprint density at radius 2 is 0.630 bits per heavy atom. The minimum absolute atomic E-state index is 0.0110. The highest BCUT2D eigenvalue weighted by Gasteiger charge is 2.65. The SMILES string of the molecule is C1CCC23CCCCC2(C1)OC(CC1OC24CCCCC2(CCCC4)O1)O3. The first-order chi connectivity index (χ1) is 13.2. The molecule has 0 aromatic heterocycles. The van der Waals surface area contributed by atoms with Crippen molar-refractivity contribution in [1.29, 1.82) is 0 Å². The molecule has 0 aromatic rings. The third-order valence-electron chi connectivity index (χ3n) is 9.12. The van der Waals surface area contributed by atoms with E-state index in [9.17, 15) is 0 Å². The molecule has 4 nitrogen and oxygen atoms in total. The van der Waals surface area contributed by atoms with Gasteiger partial charge in [0.05, 0.1) is 0 Å². The highest BCUT2D eigenvalue weighted by atomic mass is 16.8. The molecule has 0 N–H and O–H groups in total. The van der Waals surface area contributed by atoms with E-state index < -0.39 is 0 Å². The Morgan fingerprint density at radius 1 is 0.407 bits per heavy atom. The van der Waals surface area contributed by atoms with Gasteiger partial charge in [0, 0.05) is 6.42 Å². The van der Waals surface area contributed by atoms with Gasteiger partial charge in [0.15, 0.2) is 12.6 Å². The molecular formula is C23H36O4. The predicted octanol–water partition coefficient (Wildman–Crippen LogP) is 5.37. The average Bonchev–Trinajstić information content (AvgIpc) is 3.19. The van der Waals surface area contributed by atoms with Crippen LogP contribution in [-0.4, -0.2) is 35.0 Å². The van der Waals surface area contributed by atoms with Crippen LogP contribution in [0.1, 0.15) is 109 Å². The van der Waals surface area contributed by atoms with Crippen molar-refractivity contribution in [3.8, 4) is 0 Å². The van der Waals surface area contributed by atoms with Gasteiger partial charge >= 0.3 is 0 Å². The Bertz CT molecular complexity index is 465. The van der Waals surface area contributed by atoms with E-state index in [4.69, 9.17) is 18.9 Å². The Kier molecular flexibility index (Phi) is 4.04. The number of rotatable bonds is 2. The normalized spacial score (nSPS) is 54.7. The fraction of sp³-hybridized carbons (Fsp3) is 1.00. The first-order valence-electron chi connectivity index (χ1n) is 11.9. The maximum absolute atomic E-state index is 6.73. The van der Waals surface area contributed by atoms with Crippen LogP contribution in [0, 0.1) is 0 Å². The summed E-state index contributed by atoms with van der Waals surface area (Å²) < 4.78 is 26.9. The molecule has 6 rings (SSSR count). The van der Waals surface area contributed by atoms with Gasteiger partial charge in [0.25, 0.3) is 0 Å². The lowest BCUT2D eigenvalue weighted by molar-refractivity contribution is -0.168. The standard InChI is InChI=1S/C23H36O4/c1-2-10-21-12-4-3-11-20(21,9-1)24-18(25-21)17-19-26-22-13-5-6-14-23(22,27-19)16-8-7-15-22/h18-19H,1-17H2. The molecule has 6 aliphatic rings. The highest BCUT2D eigenvalue weighted by molar-refractivity contribution is 5.12. The van der Waals surface area contributed by atoms with E-state index in [1.54, 1.807) is 0 Å². The molecule has 27 heavy (non-hydrogen) atoms. The zero-order chi connectivity index (χ0) is 18.0. The molecular weight excluding hydrogens is 340 g/mol. The molecule has 2 heterocycles. The molecule has 4 heteroatoms. The van der Waals surface area contributed by atoms with E-state index >= 15 is 0 Å². The lowest BCUT2D eigenvalue weighted by Gasteiger charge is -2.49. The van der Waals surface area contributed by atoms with Gasteiger partial charge in [-0.1, -0.05) is 51.4 Å². The van der Waals surface area contributed by atoms with Crippen molar-refractivity contribution in [3.05, 3.63) is 0 Å². The van der Waals surface area contributed by atoms with Gasteiger partial charge in [-0.3, -0.25) is 0 Å². The van der Waals surface area contributed by atoms with Crippen molar-refractivity contribution in [2.45, 2.75) is 144 Å². The zero-order valence-electron chi connectivity index (χ0n) is 16.8. The van der Waals surface area contributed by atoms with E-state index in [1.165, 1.54) is 103 Å². The van der Waals surface area contributed by atoms with E-state index in [1.807, 2.05) is 0 Å². The molecule has 0 bridgehead atoms. The zero-order valence-corrected chi connectivity index (χ0v) is 16.8. The minimum Gasteiger partial charge on any atom is -0.343 e. The molecule has 0 spiro atoms. The Hall–Kier alpha value is -0.160. The van der Waals surface area contributed by atoms with Gasteiger partial charge in [-0.05, 0) is 51.4 Å². The largest absolute Gasteiger partial charge is 0.343 e. The van der Waals surface area contributed by atoms with Gasteiger partial charge in [0.2, 0.25) is 0 Å². The summed E-state index contributed by atoms with van der Waals surface area (Å²) >= 11 is 0. The van der Waals surface area contributed by atoms with Crippen LogP contribution in [0.4, 0.5) is 0 Å². The monoisotopic (exact) mass is 376 g/mol. The van der Waals surface area contributed by atoms with Crippen LogP contribution in [0.3, 0.4) is 0 Å². The maximum Gasteiger partial charge on any atom is 0.164 e. The second-order valence-electron chi connectivity index (χ2n) is 10.4. The molecule has 0 radical (unpaired) electrons. The van der Waals surface area contributed by atoms with Crippen molar-refractivity contribution in [3.63, 3.8) is 0 Å². The van der Waals surface area contributed by atoms with E-state index in [-0.39, 0.29) is 35.0 Å². The molecule has 0 amide bonds. The smallest absolute Gasteiger partial charge is 0.164 e. The van der Waals surface area contributed by atoms with Crippen molar-refractivity contribution in [1.82, 2.24) is 0 Å². The number of ether oxygens (including phenoxy) is 4. The van der Waals surface area contributed by atoms with Gasteiger partial charge < -0.3 is 18.9 Å². The van der Waals surface area contributed by atoms with Gasteiger partial charge in [-0.15, -0.1) is 0 Å². The van der Waals surface area contributed by atoms with E-state index in [2.05, 4.69) is 0 Å². The Balaban J connectivity index is 1.21. The van der Waals surface area contributed by atoms with Crippen LogP contribution in [0.15, 0.2) is 0 Å². The van der Waals surface area contributed by atoms with Crippen molar-refractivity contribution >= 4 is 0 Å². The van der Waals surface area contributed by atoms with Crippen LogP contribution in [0.25, 0.3) is 0 Å². The van der Waals surface area contributed by atoms with Gasteiger partial charge in [-0.2, -0.15) is 0 Å². The van der Waals surface area contributed by atoms with Crippen molar-refractivity contribution in [2.24, 2.45) is 0 Å². The number of hydrogen-bond acceptors (Lipinski definition) is 4. The number of hydrogen-bond donors (Lipinski definition) is 0. The lowest BCUT2D eigenvalue weighted by atomic mass is 9.64. The van der Waals surface area contributed by atoms with Gasteiger partial charge in [0.1, 0.15) is 22.4 Å². The molecule has 0 atom stereocenters. The lowest BCUT2D eigenvalue weighted by Crippen LogP contribution is -2.55. The van der Waals surface area contributed by atoms with E-state index in [0.717, 1.165) is 6.42 Å². The first-order valence-corrected chi connectivity index (χ1v) is 11.9. The van der Waals surface area contributed by atoms with Crippen LogP contribution in [-0.2, 0) is 18.9 Å². The molecule has 4 aliphatic carbocycles. The molecule has 4 saturated carbocycles. The summed E-state index contributed by atoms with van der Waals surface area (Å²) in [6, 6.07) is 0. The topological polar surface area (TPSA) is 36.9 Å². The first kappa shape index (κ1) is 17.7. The Labute approximate surface area is 163 Å². The summed E-state index contributed by atoms with van der Waals surface area (Å²) in [7, 11) is 0. The summed E-state index contributed by atoms with van der Waals surface area (Å²) in [6.07, 6.45) is 20.3. The molecule has 2 saturated heterocycles. The predicted molar refractivity (Wildman–Crippen MR) is 101 cm³/mol. The molecule has 0 aromatic carbocycles. The fourth-order valence-electron chi connectivity index (χ4n) is 7.91. The second kappa shape index (κ2) is 6.17. The quantitative estimate of drug-likeness (QED) is 0.649. The highest BCUT2D eigenvalue weighted by Crippen LogP contribution is 2.59. The molecule has 2 aliphatic heterocycles. The fourth-order valence-corrected chi connectivity index (χ4v) is 7.91. The summed E-state index contributed by atoms with van der Waals surface area (Å²) in [5.74, 6) is 0. The maximum atomic E-state index is 6.73. The summed E-state index contributed by atoms with van der Waals surface area (Å²) in [4.78, 5) is 0. The Morgan fingerprint density at radius 3 is 0.852 bits per heavy atom. The summed E-state index contributed by atoms with van der Waals surface area (Å²) in [5, 5.41) is 0. The third-order valence-corrected chi connectivity index (χ3v) is 9.12. The molecule has 6 fully saturated rings. The van der Waals surface area contributed by atoms with Gasteiger partial charge in [-0.25, -0.2) is 0 Å². The van der Waals surface area contributed by atoms with Crippen LogP contribution in [0.5, 0.6) is 0 Å². The van der Waals surface area contributed by atoms with E-state index in [0.29, 0.717) is 0 Å². The molecule has 152 valence electrons. The van der Waals surface area contributed by atoms with Crippen LogP contribution >= 0.6 is 0 Å². The molecule has 0 unspecified atom stereocenters. The third kappa shape index (κ3) is 2.42. The minimum atomic E-state index is -0.138. The van der Waals surface area contributed by atoms with Crippen LogP contribution < -0.4 is 0 Å². The second-order valence-corrected chi connectivity index (χ2v) is 10.4. The van der Waals surface area contributed by atoms with Crippen molar-refractivity contribution < 1.29 is 18.9 Å². The summed E-state index contributed by atoms with van der Waals surface area (Å²) in [6.45, 7) is 0. The average molecular weight is 377 g/mol. The van der Waals surface area contributed by atoms with Crippen molar-refractivity contribution in [2.75, 3.05) is 0 Å². The van der Waals surface area contributed by atoms with Crippen LogP contribution in [0.2, 0.25) is 0 Å².